The second-order valence-electron chi connectivity index (χ2n) is 5.67. The van der Waals surface area contributed by atoms with Gasteiger partial charge in [0.1, 0.15) is 11.4 Å². The number of aryl methyl sites for hydroxylation is 1. The van der Waals surface area contributed by atoms with Crippen LogP contribution >= 0.6 is 23.4 Å². The van der Waals surface area contributed by atoms with Crippen LogP contribution in [0.1, 0.15) is 26.9 Å². The minimum Gasteiger partial charge on any atom is -0.480 e. The van der Waals surface area contributed by atoms with Crippen molar-refractivity contribution in [2.24, 2.45) is 0 Å². The molecule has 24 heavy (non-hydrogen) atoms. The normalized spacial score (nSPS) is 20.2. The molecule has 2 atom stereocenters. The Balaban J connectivity index is 1.97. The van der Waals surface area contributed by atoms with Gasteiger partial charge in [-0.2, -0.15) is 0 Å². The summed E-state index contributed by atoms with van der Waals surface area (Å²) in [6, 6.07) is 13.5. The van der Waals surface area contributed by atoms with Crippen LogP contribution in [-0.4, -0.2) is 33.7 Å². The van der Waals surface area contributed by atoms with Gasteiger partial charge in [-0.05, 0) is 36.8 Å². The van der Waals surface area contributed by atoms with Crippen LogP contribution in [-0.2, 0) is 4.79 Å². The maximum atomic E-state index is 12.9. The molecule has 2 aromatic carbocycles. The van der Waals surface area contributed by atoms with E-state index >= 15 is 0 Å². The fourth-order valence-corrected chi connectivity index (χ4v) is 4.22. The Morgan fingerprint density at radius 1 is 1.12 bits per heavy atom. The molecule has 0 radical (unpaired) electrons. The van der Waals surface area contributed by atoms with Gasteiger partial charge in [0.25, 0.3) is 5.91 Å². The molecule has 0 saturated carbocycles. The summed E-state index contributed by atoms with van der Waals surface area (Å²) in [5.74, 6) is -0.915. The summed E-state index contributed by atoms with van der Waals surface area (Å²) < 4.78 is 0. The van der Waals surface area contributed by atoms with Crippen LogP contribution in [0.15, 0.2) is 48.5 Å². The van der Waals surface area contributed by atoms with Gasteiger partial charge in [0.05, 0.1) is 0 Å². The molecule has 0 unspecified atom stereocenters. The fourth-order valence-electron chi connectivity index (χ4n) is 2.67. The minimum absolute atomic E-state index is 0.297. The van der Waals surface area contributed by atoms with Gasteiger partial charge >= 0.3 is 5.97 Å². The van der Waals surface area contributed by atoms with E-state index in [-0.39, 0.29) is 11.3 Å². The van der Waals surface area contributed by atoms with Gasteiger partial charge in [-0.3, -0.25) is 4.79 Å². The molecule has 4 nitrogen and oxygen atoms in total. The van der Waals surface area contributed by atoms with Crippen molar-refractivity contribution >= 4 is 35.2 Å². The Hall–Kier alpha value is -1.98. The lowest BCUT2D eigenvalue weighted by Crippen LogP contribution is -2.42. The molecular weight excluding hydrogens is 346 g/mol. The van der Waals surface area contributed by atoms with Gasteiger partial charge in [0.15, 0.2) is 0 Å². The maximum Gasteiger partial charge on any atom is 0.327 e. The first-order valence-corrected chi connectivity index (χ1v) is 8.89. The Morgan fingerprint density at radius 2 is 1.75 bits per heavy atom. The molecule has 1 N–H and O–H groups in total. The zero-order valence-electron chi connectivity index (χ0n) is 13.0. The van der Waals surface area contributed by atoms with Crippen molar-refractivity contribution in [2.75, 3.05) is 5.75 Å². The Labute approximate surface area is 149 Å². The quantitative estimate of drug-likeness (QED) is 0.898. The highest BCUT2D eigenvalue weighted by Crippen LogP contribution is 2.42. The largest absolute Gasteiger partial charge is 0.480 e. The van der Waals surface area contributed by atoms with Gasteiger partial charge in [-0.25, -0.2) is 4.79 Å². The number of carboxylic acid groups (broad SMARTS) is 1. The van der Waals surface area contributed by atoms with Crippen molar-refractivity contribution in [1.82, 2.24) is 4.90 Å². The number of amides is 1. The molecular formula is C18H16ClNO3S. The number of carbonyl (C=O) groups excluding carboxylic acids is 1. The molecule has 0 aliphatic carbocycles. The first kappa shape index (κ1) is 16.9. The van der Waals surface area contributed by atoms with E-state index in [1.807, 2.05) is 31.2 Å². The third kappa shape index (κ3) is 3.28. The molecule has 0 aromatic heterocycles. The van der Waals surface area contributed by atoms with Crippen molar-refractivity contribution in [3.63, 3.8) is 0 Å². The molecule has 1 amide bonds. The van der Waals surface area contributed by atoms with Crippen LogP contribution < -0.4 is 0 Å². The van der Waals surface area contributed by atoms with Crippen LogP contribution in [0.5, 0.6) is 0 Å². The number of benzene rings is 2. The van der Waals surface area contributed by atoms with Crippen molar-refractivity contribution in [3.05, 3.63) is 70.2 Å². The molecule has 0 bridgehead atoms. The average molecular weight is 362 g/mol. The van der Waals surface area contributed by atoms with E-state index < -0.39 is 12.0 Å². The van der Waals surface area contributed by atoms with Crippen molar-refractivity contribution in [2.45, 2.75) is 18.3 Å². The second-order valence-corrected chi connectivity index (χ2v) is 7.22. The lowest BCUT2D eigenvalue weighted by molar-refractivity contribution is -0.141. The van der Waals surface area contributed by atoms with Gasteiger partial charge in [0.2, 0.25) is 0 Å². The third-order valence-electron chi connectivity index (χ3n) is 3.97. The third-order valence-corrected chi connectivity index (χ3v) is 5.55. The van der Waals surface area contributed by atoms with E-state index in [0.29, 0.717) is 16.3 Å². The van der Waals surface area contributed by atoms with Crippen molar-refractivity contribution < 1.29 is 14.7 Å². The summed E-state index contributed by atoms with van der Waals surface area (Å²) in [4.78, 5) is 26.0. The lowest BCUT2D eigenvalue weighted by Gasteiger charge is -2.27. The number of hydrogen-bond acceptors (Lipinski definition) is 3. The number of carboxylic acids is 1. The maximum absolute atomic E-state index is 12.9. The molecule has 1 aliphatic heterocycles. The van der Waals surface area contributed by atoms with Gasteiger partial charge in [-0.1, -0.05) is 41.4 Å². The predicted molar refractivity (Wildman–Crippen MR) is 95.4 cm³/mol. The van der Waals surface area contributed by atoms with Crippen LogP contribution in [0.3, 0.4) is 0 Å². The summed E-state index contributed by atoms with van der Waals surface area (Å²) in [6.45, 7) is 1.99. The fraction of sp³-hybridized carbons (Fsp3) is 0.222. The number of carbonyl (C=O) groups is 2. The molecule has 3 rings (SSSR count). The predicted octanol–water partition coefficient (Wildman–Crippen LogP) is 3.99. The Bertz CT molecular complexity index is 761. The summed E-state index contributed by atoms with van der Waals surface area (Å²) in [5, 5.41) is 9.73. The molecule has 0 spiro atoms. The van der Waals surface area contributed by atoms with Crippen molar-refractivity contribution in [3.8, 4) is 0 Å². The summed E-state index contributed by atoms with van der Waals surface area (Å²) in [5.41, 5.74) is 2.48. The monoisotopic (exact) mass is 361 g/mol. The van der Waals surface area contributed by atoms with Gasteiger partial charge in [0, 0.05) is 16.3 Å². The minimum atomic E-state index is -0.987. The number of hydrogen-bond donors (Lipinski definition) is 1. The van der Waals surface area contributed by atoms with E-state index in [2.05, 4.69) is 0 Å². The van der Waals surface area contributed by atoms with Gasteiger partial charge in [-0.15, -0.1) is 11.8 Å². The topological polar surface area (TPSA) is 57.6 Å². The smallest absolute Gasteiger partial charge is 0.327 e. The highest BCUT2D eigenvalue weighted by molar-refractivity contribution is 7.99. The van der Waals surface area contributed by atoms with Gasteiger partial charge < -0.3 is 10.0 Å². The highest BCUT2D eigenvalue weighted by Gasteiger charge is 2.42. The molecule has 1 fully saturated rings. The molecule has 124 valence electrons. The second kappa shape index (κ2) is 6.87. The van der Waals surface area contributed by atoms with E-state index in [1.54, 1.807) is 24.3 Å². The molecule has 1 heterocycles. The SMILES string of the molecule is Cc1ccc([C@@H]2SC[C@H](C(=O)O)N2C(=O)c2ccc(Cl)cc2)cc1. The number of rotatable bonds is 3. The molecule has 6 heteroatoms. The van der Waals surface area contributed by atoms with Crippen LogP contribution in [0, 0.1) is 6.92 Å². The number of halogens is 1. The summed E-state index contributed by atoms with van der Waals surface area (Å²) >= 11 is 7.34. The van der Waals surface area contributed by atoms with Crippen LogP contribution in [0.25, 0.3) is 0 Å². The van der Waals surface area contributed by atoms with Crippen LogP contribution in [0.2, 0.25) is 5.02 Å². The number of aliphatic carboxylic acids is 1. The molecule has 1 saturated heterocycles. The average Bonchev–Trinajstić information content (AvgIpc) is 3.01. The zero-order chi connectivity index (χ0) is 17.3. The molecule has 2 aromatic rings. The molecule has 1 aliphatic rings. The van der Waals surface area contributed by atoms with E-state index in [1.165, 1.54) is 16.7 Å². The highest BCUT2D eigenvalue weighted by atomic mass is 35.5. The number of thioether (sulfide) groups is 1. The van der Waals surface area contributed by atoms with E-state index in [4.69, 9.17) is 11.6 Å². The summed E-state index contributed by atoms with van der Waals surface area (Å²) in [7, 11) is 0. The first-order valence-electron chi connectivity index (χ1n) is 7.46. The Kier molecular flexibility index (Phi) is 4.83. The lowest BCUT2D eigenvalue weighted by atomic mass is 10.1. The summed E-state index contributed by atoms with van der Waals surface area (Å²) in [6.07, 6.45) is 0. The van der Waals surface area contributed by atoms with E-state index in [0.717, 1.165) is 11.1 Å². The number of nitrogens with zero attached hydrogens (tertiary/aromatic N) is 1. The zero-order valence-corrected chi connectivity index (χ0v) is 14.6. The van der Waals surface area contributed by atoms with Crippen LogP contribution in [0.4, 0.5) is 0 Å². The standard InChI is InChI=1S/C18H16ClNO3S/c1-11-2-4-13(5-3-11)17-20(15(10-24-17)18(22)23)16(21)12-6-8-14(19)9-7-12/h2-9,15,17H,10H2,1H3,(H,22,23)/t15-,17+/m1/s1. The Morgan fingerprint density at radius 3 is 2.33 bits per heavy atom. The first-order chi connectivity index (χ1) is 11.5. The van der Waals surface area contributed by atoms with Crippen molar-refractivity contribution in [1.29, 1.82) is 0 Å². The van der Waals surface area contributed by atoms with E-state index in [9.17, 15) is 14.7 Å².